The van der Waals surface area contributed by atoms with Crippen LogP contribution in [0.4, 0.5) is 0 Å². The van der Waals surface area contributed by atoms with Gasteiger partial charge < -0.3 is 10.2 Å². The zero-order chi connectivity index (χ0) is 18.9. The van der Waals surface area contributed by atoms with Crippen LogP contribution in [0.2, 0.25) is 5.15 Å². The van der Waals surface area contributed by atoms with Gasteiger partial charge in [-0.25, -0.2) is 4.98 Å². The van der Waals surface area contributed by atoms with Gasteiger partial charge in [-0.3, -0.25) is 9.69 Å². The molecule has 0 atom stereocenters. The van der Waals surface area contributed by atoms with E-state index < -0.39 is 0 Å². The Labute approximate surface area is 166 Å². The number of carbonyl (C=O) groups excluding carboxylic acids is 1. The molecule has 1 saturated heterocycles. The second kappa shape index (κ2) is 10.4. The minimum absolute atomic E-state index is 0.0892. The molecule has 27 heavy (non-hydrogen) atoms. The van der Waals surface area contributed by atoms with E-state index in [9.17, 15) is 4.79 Å². The predicted octanol–water partition coefficient (Wildman–Crippen LogP) is 3.06. The molecule has 1 amide bonds. The molecule has 0 saturated carbocycles. The Morgan fingerprint density at radius 1 is 1.00 bits per heavy atom. The molecule has 1 aliphatic rings. The maximum absolute atomic E-state index is 12.0. The molecule has 5 nitrogen and oxygen atoms in total. The summed E-state index contributed by atoms with van der Waals surface area (Å²) in [5.74, 6) is -0.0892. The number of halogens is 1. The lowest BCUT2D eigenvalue weighted by Crippen LogP contribution is -2.46. The van der Waals surface area contributed by atoms with Crippen molar-refractivity contribution in [3.05, 3.63) is 64.9 Å². The molecule has 2 aromatic rings. The first-order valence-electron chi connectivity index (χ1n) is 9.59. The average Bonchev–Trinajstić information content (AvgIpc) is 2.70. The number of aromatic nitrogens is 1. The molecule has 1 aromatic heterocycles. The summed E-state index contributed by atoms with van der Waals surface area (Å²) < 4.78 is 0. The molecule has 0 unspecified atom stereocenters. The molecule has 0 spiro atoms. The van der Waals surface area contributed by atoms with Gasteiger partial charge in [0.05, 0.1) is 5.56 Å². The topological polar surface area (TPSA) is 48.5 Å². The fraction of sp³-hybridized carbons (Fsp3) is 0.429. The summed E-state index contributed by atoms with van der Waals surface area (Å²) in [4.78, 5) is 21.0. The van der Waals surface area contributed by atoms with E-state index in [1.165, 1.54) is 11.8 Å². The molecule has 0 radical (unpaired) electrons. The smallest absolute Gasteiger partial charge is 0.252 e. The standard InChI is InChI=1S/C21H27ClN4O/c22-20-9-8-19(16-24-20)21(27)23-10-4-5-11-25-12-14-26(15-13-25)17-18-6-2-1-3-7-18/h1-3,6-9,16H,4-5,10-15,17H2,(H,23,27). The van der Waals surface area contributed by atoms with Gasteiger partial charge in [0, 0.05) is 45.5 Å². The van der Waals surface area contributed by atoms with E-state index in [2.05, 4.69) is 50.4 Å². The Balaban J connectivity index is 1.26. The number of unbranched alkanes of at least 4 members (excludes halogenated alkanes) is 1. The molecular formula is C21H27ClN4O. The summed E-state index contributed by atoms with van der Waals surface area (Å²) in [5, 5.41) is 3.34. The van der Waals surface area contributed by atoms with Crippen molar-refractivity contribution in [3.8, 4) is 0 Å². The number of amides is 1. The van der Waals surface area contributed by atoms with Crippen LogP contribution in [-0.2, 0) is 6.54 Å². The van der Waals surface area contributed by atoms with Crippen LogP contribution in [-0.4, -0.2) is 60.0 Å². The van der Waals surface area contributed by atoms with Crippen molar-refractivity contribution >= 4 is 17.5 Å². The Hall–Kier alpha value is -1.95. The maximum atomic E-state index is 12.0. The number of hydrogen-bond acceptors (Lipinski definition) is 4. The van der Waals surface area contributed by atoms with Crippen LogP contribution in [0.25, 0.3) is 0 Å². The summed E-state index contributed by atoms with van der Waals surface area (Å²) in [7, 11) is 0. The van der Waals surface area contributed by atoms with Crippen LogP contribution < -0.4 is 5.32 Å². The highest BCUT2D eigenvalue weighted by molar-refractivity contribution is 6.29. The monoisotopic (exact) mass is 386 g/mol. The number of rotatable bonds is 8. The van der Waals surface area contributed by atoms with Crippen molar-refractivity contribution in [1.29, 1.82) is 0 Å². The number of hydrogen-bond donors (Lipinski definition) is 1. The van der Waals surface area contributed by atoms with Gasteiger partial charge in [-0.05, 0) is 37.1 Å². The summed E-state index contributed by atoms with van der Waals surface area (Å²) in [5.41, 5.74) is 1.94. The van der Waals surface area contributed by atoms with Gasteiger partial charge >= 0.3 is 0 Å². The minimum Gasteiger partial charge on any atom is -0.352 e. The molecule has 1 aliphatic heterocycles. The number of pyridine rings is 1. The second-order valence-electron chi connectivity index (χ2n) is 6.94. The molecule has 6 heteroatoms. The first-order valence-corrected chi connectivity index (χ1v) is 9.97. The zero-order valence-electron chi connectivity index (χ0n) is 15.6. The van der Waals surface area contributed by atoms with E-state index in [-0.39, 0.29) is 5.91 Å². The molecule has 3 rings (SSSR count). The van der Waals surface area contributed by atoms with Crippen molar-refractivity contribution in [3.63, 3.8) is 0 Å². The number of carbonyl (C=O) groups is 1. The van der Waals surface area contributed by atoms with Crippen LogP contribution in [0.5, 0.6) is 0 Å². The third kappa shape index (κ3) is 6.61. The van der Waals surface area contributed by atoms with Crippen molar-refractivity contribution < 1.29 is 4.79 Å². The molecule has 0 bridgehead atoms. The Kier molecular flexibility index (Phi) is 7.63. The first kappa shape index (κ1) is 19.8. The van der Waals surface area contributed by atoms with Crippen molar-refractivity contribution in [2.45, 2.75) is 19.4 Å². The van der Waals surface area contributed by atoms with Crippen molar-refractivity contribution in [2.24, 2.45) is 0 Å². The minimum atomic E-state index is -0.0892. The fourth-order valence-corrected chi connectivity index (χ4v) is 3.40. The highest BCUT2D eigenvalue weighted by Crippen LogP contribution is 2.09. The SMILES string of the molecule is O=C(NCCCCN1CCN(Cc2ccccc2)CC1)c1ccc(Cl)nc1. The molecule has 1 N–H and O–H groups in total. The van der Waals surface area contributed by atoms with E-state index in [0.29, 0.717) is 17.3 Å². The number of benzene rings is 1. The van der Waals surface area contributed by atoms with Gasteiger partial charge in [0.1, 0.15) is 5.15 Å². The molecule has 0 aliphatic carbocycles. The van der Waals surface area contributed by atoms with Gasteiger partial charge in [-0.2, -0.15) is 0 Å². The molecule has 1 fully saturated rings. The number of nitrogens with zero attached hydrogens (tertiary/aromatic N) is 3. The Bertz CT molecular complexity index is 700. The van der Waals surface area contributed by atoms with Gasteiger partial charge in [-0.15, -0.1) is 0 Å². The van der Waals surface area contributed by atoms with Gasteiger partial charge in [0.2, 0.25) is 0 Å². The Morgan fingerprint density at radius 2 is 1.74 bits per heavy atom. The quantitative estimate of drug-likeness (QED) is 0.559. The molecule has 1 aromatic carbocycles. The highest BCUT2D eigenvalue weighted by Gasteiger charge is 2.16. The van der Waals surface area contributed by atoms with Crippen LogP contribution in [0.15, 0.2) is 48.7 Å². The lowest BCUT2D eigenvalue weighted by molar-refractivity contribution is 0.0951. The van der Waals surface area contributed by atoms with E-state index in [1.807, 2.05) is 0 Å². The Morgan fingerprint density at radius 3 is 2.44 bits per heavy atom. The summed E-state index contributed by atoms with van der Waals surface area (Å²) in [6.45, 7) is 7.31. The number of nitrogens with one attached hydrogen (secondary N) is 1. The van der Waals surface area contributed by atoms with Crippen molar-refractivity contribution in [2.75, 3.05) is 39.3 Å². The van der Waals surface area contributed by atoms with E-state index >= 15 is 0 Å². The van der Waals surface area contributed by atoms with Gasteiger partial charge in [0.25, 0.3) is 5.91 Å². The lowest BCUT2D eigenvalue weighted by Gasteiger charge is -2.34. The second-order valence-corrected chi connectivity index (χ2v) is 7.32. The first-order chi connectivity index (χ1) is 13.2. The number of piperazine rings is 1. The maximum Gasteiger partial charge on any atom is 0.252 e. The normalized spacial score (nSPS) is 15.6. The molecule has 2 heterocycles. The molecular weight excluding hydrogens is 360 g/mol. The average molecular weight is 387 g/mol. The summed E-state index contributed by atoms with van der Waals surface area (Å²) >= 11 is 5.73. The van der Waals surface area contributed by atoms with E-state index in [0.717, 1.165) is 52.1 Å². The van der Waals surface area contributed by atoms with E-state index in [1.54, 1.807) is 12.1 Å². The van der Waals surface area contributed by atoms with Crippen LogP contribution in [0.1, 0.15) is 28.8 Å². The van der Waals surface area contributed by atoms with Gasteiger partial charge in [0.15, 0.2) is 0 Å². The third-order valence-electron chi connectivity index (χ3n) is 4.89. The summed E-state index contributed by atoms with van der Waals surface area (Å²) in [6, 6.07) is 14.0. The molecule has 144 valence electrons. The summed E-state index contributed by atoms with van der Waals surface area (Å²) in [6.07, 6.45) is 3.58. The van der Waals surface area contributed by atoms with Crippen LogP contribution in [0.3, 0.4) is 0 Å². The van der Waals surface area contributed by atoms with E-state index in [4.69, 9.17) is 11.6 Å². The largest absolute Gasteiger partial charge is 0.352 e. The zero-order valence-corrected chi connectivity index (χ0v) is 16.4. The van der Waals surface area contributed by atoms with Crippen LogP contribution >= 0.6 is 11.6 Å². The fourth-order valence-electron chi connectivity index (χ4n) is 3.29. The highest BCUT2D eigenvalue weighted by atomic mass is 35.5. The van der Waals surface area contributed by atoms with Crippen molar-refractivity contribution in [1.82, 2.24) is 20.1 Å². The van der Waals surface area contributed by atoms with Gasteiger partial charge in [-0.1, -0.05) is 41.9 Å². The predicted molar refractivity (Wildman–Crippen MR) is 109 cm³/mol. The lowest BCUT2D eigenvalue weighted by atomic mass is 10.2. The third-order valence-corrected chi connectivity index (χ3v) is 5.11. The van der Waals surface area contributed by atoms with Crippen LogP contribution in [0, 0.1) is 0 Å².